The Kier molecular flexibility index (Phi) is 3.23. The average Bonchev–Trinajstić information content (AvgIpc) is 3.21. The van der Waals surface area contributed by atoms with Crippen molar-refractivity contribution in [2.24, 2.45) is 0 Å². The first-order valence-corrected chi connectivity index (χ1v) is 8.28. The van der Waals surface area contributed by atoms with Crippen LogP contribution >= 0.6 is 11.3 Å². The van der Waals surface area contributed by atoms with Crippen LogP contribution in [0.15, 0.2) is 59.0 Å². The summed E-state index contributed by atoms with van der Waals surface area (Å²) in [5.74, 6) is 0.737. The van der Waals surface area contributed by atoms with Gasteiger partial charge in [0.2, 0.25) is 5.91 Å². The highest BCUT2D eigenvalue weighted by Gasteiger charge is 2.28. The van der Waals surface area contributed by atoms with Gasteiger partial charge in [0.25, 0.3) is 0 Å². The maximum Gasteiger partial charge on any atom is 0.230 e. The molecule has 4 nitrogen and oxygen atoms in total. The van der Waals surface area contributed by atoms with Crippen molar-refractivity contribution in [2.75, 3.05) is 7.05 Å². The standard InChI is InChI=1S/C18H16N2O2S/c1-11-19-16(8-17(21)20(11)2)15-10-23-18-13(4-3-5-14(15)18)12-6-7-22-9-12/h3-7,9-10,16,19H,1,8H2,2H3. The summed E-state index contributed by atoms with van der Waals surface area (Å²) in [6.45, 7) is 3.93. The smallest absolute Gasteiger partial charge is 0.230 e. The van der Waals surface area contributed by atoms with Crippen molar-refractivity contribution in [2.45, 2.75) is 12.5 Å². The quantitative estimate of drug-likeness (QED) is 0.771. The van der Waals surface area contributed by atoms with E-state index >= 15 is 0 Å². The molecule has 1 atom stereocenters. The van der Waals surface area contributed by atoms with Gasteiger partial charge in [0.05, 0.1) is 25.0 Å². The van der Waals surface area contributed by atoms with Gasteiger partial charge in [-0.15, -0.1) is 11.3 Å². The van der Waals surface area contributed by atoms with Crippen molar-refractivity contribution in [3.8, 4) is 11.1 Å². The van der Waals surface area contributed by atoms with Gasteiger partial charge in [-0.25, -0.2) is 0 Å². The number of rotatable bonds is 2. The largest absolute Gasteiger partial charge is 0.472 e. The summed E-state index contributed by atoms with van der Waals surface area (Å²) in [7, 11) is 1.75. The number of nitrogens with zero attached hydrogens (tertiary/aromatic N) is 1. The predicted octanol–water partition coefficient (Wildman–Crippen LogP) is 4.13. The zero-order valence-electron chi connectivity index (χ0n) is 12.7. The van der Waals surface area contributed by atoms with Crippen molar-refractivity contribution in [3.05, 3.63) is 60.1 Å². The molecule has 1 aliphatic rings. The lowest BCUT2D eigenvalue weighted by Crippen LogP contribution is -2.42. The second-order valence-corrected chi connectivity index (χ2v) is 6.57. The van der Waals surface area contributed by atoms with E-state index in [9.17, 15) is 4.79 Å². The summed E-state index contributed by atoms with van der Waals surface area (Å²) in [5.41, 5.74) is 3.38. The highest BCUT2D eigenvalue weighted by molar-refractivity contribution is 7.18. The molecular formula is C18H16N2O2S. The second kappa shape index (κ2) is 5.28. The lowest BCUT2D eigenvalue weighted by Gasteiger charge is -2.32. The SMILES string of the molecule is C=C1NC(c2csc3c(-c4ccoc4)cccc23)CC(=O)N1C. The van der Waals surface area contributed by atoms with E-state index in [0.29, 0.717) is 12.2 Å². The van der Waals surface area contributed by atoms with Crippen molar-refractivity contribution < 1.29 is 9.21 Å². The van der Waals surface area contributed by atoms with Crippen molar-refractivity contribution >= 4 is 27.3 Å². The number of carbonyl (C=O) groups excluding carboxylic acids is 1. The molecule has 1 amide bonds. The molecular weight excluding hydrogens is 308 g/mol. The molecule has 5 heteroatoms. The van der Waals surface area contributed by atoms with Crippen LogP contribution in [0.4, 0.5) is 0 Å². The van der Waals surface area contributed by atoms with Crippen LogP contribution in [0.3, 0.4) is 0 Å². The van der Waals surface area contributed by atoms with Crippen LogP contribution in [0.1, 0.15) is 18.0 Å². The van der Waals surface area contributed by atoms with Gasteiger partial charge in [0.15, 0.2) is 0 Å². The molecule has 23 heavy (non-hydrogen) atoms. The van der Waals surface area contributed by atoms with Crippen LogP contribution < -0.4 is 5.32 Å². The Morgan fingerprint density at radius 1 is 1.39 bits per heavy atom. The minimum absolute atomic E-state index is 0.0282. The molecule has 1 unspecified atom stereocenters. The lowest BCUT2D eigenvalue weighted by molar-refractivity contribution is -0.130. The normalized spacial score (nSPS) is 18.5. The number of furan rings is 1. The molecule has 1 fully saturated rings. The van der Waals surface area contributed by atoms with Crippen LogP contribution in [-0.2, 0) is 4.79 Å². The maximum atomic E-state index is 12.1. The molecule has 0 bridgehead atoms. The van der Waals surface area contributed by atoms with Gasteiger partial charge in [-0.2, -0.15) is 0 Å². The third kappa shape index (κ3) is 2.24. The minimum Gasteiger partial charge on any atom is -0.472 e. The lowest BCUT2D eigenvalue weighted by atomic mass is 9.98. The van der Waals surface area contributed by atoms with Crippen LogP contribution in [0, 0.1) is 0 Å². The number of fused-ring (bicyclic) bond motifs is 1. The van der Waals surface area contributed by atoms with Crippen molar-refractivity contribution in [3.63, 3.8) is 0 Å². The van der Waals surface area contributed by atoms with Crippen molar-refractivity contribution in [1.82, 2.24) is 10.2 Å². The molecule has 3 aromatic rings. The minimum atomic E-state index is -0.0282. The number of benzene rings is 1. The Balaban J connectivity index is 1.79. The zero-order valence-corrected chi connectivity index (χ0v) is 13.5. The number of thiophene rings is 1. The second-order valence-electron chi connectivity index (χ2n) is 5.69. The summed E-state index contributed by atoms with van der Waals surface area (Å²) in [6, 6.07) is 8.19. The fraction of sp³-hybridized carbons (Fsp3) is 0.167. The molecule has 0 spiro atoms. The molecule has 3 heterocycles. The molecule has 1 saturated heterocycles. The summed E-state index contributed by atoms with van der Waals surface area (Å²) in [6.07, 6.45) is 3.88. The fourth-order valence-electron chi connectivity index (χ4n) is 2.99. The van der Waals surface area contributed by atoms with E-state index < -0.39 is 0 Å². The molecule has 0 radical (unpaired) electrons. The van der Waals surface area contributed by atoms with E-state index in [1.165, 1.54) is 10.1 Å². The summed E-state index contributed by atoms with van der Waals surface area (Å²) in [5, 5.41) is 6.66. The first-order valence-electron chi connectivity index (χ1n) is 7.40. The first-order chi connectivity index (χ1) is 11.1. The third-order valence-corrected chi connectivity index (χ3v) is 5.38. The molecule has 0 aliphatic carbocycles. The van der Waals surface area contributed by atoms with Gasteiger partial charge in [-0.3, -0.25) is 4.79 Å². The highest BCUT2D eigenvalue weighted by atomic mass is 32.1. The predicted molar refractivity (Wildman–Crippen MR) is 91.9 cm³/mol. The van der Waals surface area contributed by atoms with E-state index in [-0.39, 0.29) is 11.9 Å². The van der Waals surface area contributed by atoms with Crippen LogP contribution in [-0.4, -0.2) is 17.9 Å². The van der Waals surface area contributed by atoms with Gasteiger partial charge in [-0.05, 0) is 22.4 Å². The maximum absolute atomic E-state index is 12.1. The van der Waals surface area contributed by atoms with Crippen molar-refractivity contribution in [1.29, 1.82) is 0 Å². The Morgan fingerprint density at radius 3 is 3.00 bits per heavy atom. The molecule has 1 aromatic carbocycles. The van der Waals surface area contributed by atoms with E-state index in [4.69, 9.17) is 4.42 Å². The summed E-state index contributed by atoms with van der Waals surface area (Å²) in [4.78, 5) is 13.7. The summed E-state index contributed by atoms with van der Waals surface area (Å²) < 4.78 is 6.42. The number of hydrogen-bond acceptors (Lipinski definition) is 4. The molecule has 0 saturated carbocycles. The third-order valence-electron chi connectivity index (χ3n) is 4.34. The molecule has 116 valence electrons. The van der Waals surface area contributed by atoms with E-state index in [0.717, 1.165) is 16.7 Å². The Morgan fingerprint density at radius 2 is 2.26 bits per heavy atom. The monoisotopic (exact) mass is 324 g/mol. The van der Waals surface area contributed by atoms with Crippen LogP contribution in [0.25, 0.3) is 21.2 Å². The Labute approximate surface area is 138 Å². The van der Waals surface area contributed by atoms with Gasteiger partial charge in [-0.1, -0.05) is 24.8 Å². The number of amides is 1. The number of hydrogen-bond donors (Lipinski definition) is 1. The summed E-state index contributed by atoms with van der Waals surface area (Å²) >= 11 is 1.70. The van der Waals surface area contributed by atoms with Crippen LogP contribution in [0.5, 0.6) is 0 Å². The fourth-order valence-corrected chi connectivity index (χ4v) is 4.15. The zero-order chi connectivity index (χ0) is 16.0. The van der Waals surface area contributed by atoms with E-state index in [1.54, 1.807) is 35.8 Å². The average molecular weight is 324 g/mol. The molecule has 1 aliphatic heterocycles. The van der Waals surface area contributed by atoms with E-state index in [2.05, 4.69) is 29.4 Å². The molecule has 4 rings (SSSR count). The van der Waals surface area contributed by atoms with Gasteiger partial charge in [0, 0.05) is 22.9 Å². The topological polar surface area (TPSA) is 45.5 Å². The number of carbonyl (C=O) groups is 1. The van der Waals surface area contributed by atoms with Gasteiger partial charge >= 0.3 is 0 Å². The number of nitrogens with one attached hydrogen (secondary N) is 1. The Bertz CT molecular complexity index is 877. The Hall–Kier alpha value is -2.53. The van der Waals surface area contributed by atoms with Gasteiger partial charge in [0.1, 0.15) is 5.82 Å². The first kappa shape index (κ1) is 14.1. The van der Waals surface area contributed by atoms with Gasteiger partial charge < -0.3 is 14.6 Å². The van der Waals surface area contributed by atoms with E-state index in [1.807, 2.05) is 12.1 Å². The highest BCUT2D eigenvalue weighted by Crippen LogP contribution is 2.39. The molecule has 2 aromatic heterocycles. The molecule has 1 N–H and O–H groups in total. The van der Waals surface area contributed by atoms with Crippen LogP contribution in [0.2, 0.25) is 0 Å².